The Morgan fingerprint density at radius 2 is 1.58 bits per heavy atom. The van der Waals surface area contributed by atoms with Crippen molar-refractivity contribution in [2.24, 2.45) is 0 Å². The first kappa shape index (κ1) is 13.3. The zero-order valence-corrected chi connectivity index (χ0v) is 11.3. The van der Waals surface area contributed by atoms with Gasteiger partial charge in [-0.15, -0.1) is 0 Å². The first-order valence-corrected chi connectivity index (χ1v) is 6.45. The quantitative estimate of drug-likeness (QED) is 0.814. The van der Waals surface area contributed by atoms with Gasteiger partial charge in [-0.3, -0.25) is 4.79 Å². The third-order valence-electron chi connectivity index (χ3n) is 3.06. The maximum Gasteiger partial charge on any atom is 0.169 e. The molecule has 0 N–H and O–H groups in total. The standard InChI is InChI=1S/C17H18O2/c1-13(18)14(2)19-17-10-8-16(9-11-17)12-15-6-4-3-5-7-15/h3-11,14H,12H2,1-2H3. The summed E-state index contributed by atoms with van der Waals surface area (Å²) in [5, 5.41) is 0. The molecular weight excluding hydrogens is 236 g/mol. The van der Waals surface area contributed by atoms with Crippen LogP contribution in [-0.2, 0) is 11.2 Å². The van der Waals surface area contributed by atoms with E-state index in [4.69, 9.17) is 4.74 Å². The lowest BCUT2D eigenvalue weighted by Crippen LogP contribution is -2.20. The fourth-order valence-corrected chi connectivity index (χ4v) is 1.80. The smallest absolute Gasteiger partial charge is 0.169 e. The van der Waals surface area contributed by atoms with Crippen LogP contribution in [0.5, 0.6) is 5.75 Å². The summed E-state index contributed by atoms with van der Waals surface area (Å²) in [5.74, 6) is 0.771. The summed E-state index contributed by atoms with van der Waals surface area (Å²) in [6.07, 6.45) is 0.517. The van der Waals surface area contributed by atoms with E-state index in [2.05, 4.69) is 12.1 Å². The van der Waals surface area contributed by atoms with E-state index in [-0.39, 0.29) is 11.9 Å². The highest BCUT2D eigenvalue weighted by Crippen LogP contribution is 2.16. The monoisotopic (exact) mass is 254 g/mol. The van der Waals surface area contributed by atoms with Crippen LogP contribution in [0.1, 0.15) is 25.0 Å². The van der Waals surface area contributed by atoms with Crippen molar-refractivity contribution >= 4 is 5.78 Å². The van der Waals surface area contributed by atoms with E-state index in [1.807, 2.05) is 42.5 Å². The van der Waals surface area contributed by atoms with Crippen LogP contribution in [-0.4, -0.2) is 11.9 Å². The number of hydrogen-bond donors (Lipinski definition) is 0. The van der Waals surface area contributed by atoms with Crippen LogP contribution < -0.4 is 4.74 Å². The molecule has 0 aliphatic rings. The van der Waals surface area contributed by atoms with E-state index in [1.165, 1.54) is 18.1 Å². The van der Waals surface area contributed by atoms with Gasteiger partial charge in [-0.1, -0.05) is 42.5 Å². The molecule has 0 saturated heterocycles. The van der Waals surface area contributed by atoms with Gasteiger partial charge in [-0.2, -0.15) is 0 Å². The molecule has 0 spiro atoms. The van der Waals surface area contributed by atoms with Crippen LogP contribution in [0, 0.1) is 0 Å². The van der Waals surface area contributed by atoms with Crippen molar-refractivity contribution in [2.75, 3.05) is 0 Å². The molecule has 0 bridgehead atoms. The minimum Gasteiger partial charge on any atom is -0.483 e. The molecule has 0 aromatic heterocycles. The largest absolute Gasteiger partial charge is 0.483 e. The number of carbonyl (C=O) groups excluding carboxylic acids is 1. The first-order chi connectivity index (χ1) is 9.15. The van der Waals surface area contributed by atoms with Crippen LogP contribution in [0.3, 0.4) is 0 Å². The van der Waals surface area contributed by atoms with Crippen molar-refractivity contribution in [1.82, 2.24) is 0 Å². The van der Waals surface area contributed by atoms with Crippen molar-refractivity contribution in [3.8, 4) is 5.75 Å². The first-order valence-electron chi connectivity index (χ1n) is 6.45. The van der Waals surface area contributed by atoms with Gasteiger partial charge in [0, 0.05) is 0 Å². The molecule has 1 atom stereocenters. The lowest BCUT2D eigenvalue weighted by molar-refractivity contribution is -0.122. The molecule has 2 nitrogen and oxygen atoms in total. The molecule has 19 heavy (non-hydrogen) atoms. The SMILES string of the molecule is CC(=O)C(C)Oc1ccc(Cc2ccccc2)cc1. The molecule has 0 heterocycles. The zero-order valence-electron chi connectivity index (χ0n) is 11.3. The van der Waals surface area contributed by atoms with Gasteiger partial charge in [0.2, 0.25) is 0 Å². The van der Waals surface area contributed by atoms with Gasteiger partial charge in [-0.25, -0.2) is 0 Å². The molecule has 2 rings (SSSR count). The number of hydrogen-bond acceptors (Lipinski definition) is 2. The second kappa shape index (κ2) is 6.19. The number of rotatable bonds is 5. The molecule has 0 amide bonds. The van der Waals surface area contributed by atoms with Crippen LogP contribution in [0.15, 0.2) is 54.6 Å². The van der Waals surface area contributed by atoms with Gasteiger partial charge in [0.15, 0.2) is 11.9 Å². The van der Waals surface area contributed by atoms with Crippen molar-refractivity contribution < 1.29 is 9.53 Å². The van der Waals surface area contributed by atoms with Gasteiger partial charge in [0.25, 0.3) is 0 Å². The van der Waals surface area contributed by atoms with E-state index in [0.717, 1.165) is 12.2 Å². The summed E-state index contributed by atoms with van der Waals surface area (Å²) in [6, 6.07) is 18.2. The normalized spacial score (nSPS) is 11.9. The number of carbonyl (C=O) groups is 1. The van der Waals surface area contributed by atoms with Gasteiger partial charge in [0.05, 0.1) is 0 Å². The summed E-state index contributed by atoms with van der Waals surface area (Å²) in [5.41, 5.74) is 2.52. The Balaban J connectivity index is 2.01. The fourth-order valence-electron chi connectivity index (χ4n) is 1.80. The van der Waals surface area contributed by atoms with Crippen LogP contribution in [0.2, 0.25) is 0 Å². The molecule has 0 fully saturated rings. The molecule has 0 radical (unpaired) electrons. The predicted octanol–water partition coefficient (Wildman–Crippen LogP) is 3.63. The Labute approximate surface area is 114 Å². The topological polar surface area (TPSA) is 26.3 Å². The van der Waals surface area contributed by atoms with Crippen molar-refractivity contribution in [3.63, 3.8) is 0 Å². The molecule has 0 aliphatic heterocycles. The highest BCUT2D eigenvalue weighted by Gasteiger charge is 2.08. The Morgan fingerprint density at radius 3 is 2.16 bits per heavy atom. The van der Waals surface area contributed by atoms with E-state index in [1.54, 1.807) is 6.92 Å². The molecule has 2 heteroatoms. The maximum absolute atomic E-state index is 11.1. The van der Waals surface area contributed by atoms with Crippen LogP contribution in [0.25, 0.3) is 0 Å². The minimum atomic E-state index is -0.389. The molecular formula is C17H18O2. The molecule has 1 unspecified atom stereocenters. The highest BCUT2D eigenvalue weighted by molar-refractivity contribution is 5.80. The van der Waals surface area contributed by atoms with E-state index < -0.39 is 0 Å². The van der Waals surface area contributed by atoms with Gasteiger partial charge < -0.3 is 4.74 Å². The lowest BCUT2D eigenvalue weighted by atomic mass is 10.1. The second-order valence-corrected chi connectivity index (χ2v) is 4.68. The summed E-state index contributed by atoms with van der Waals surface area (Å²) >= 11 is 0. The second-order valence-electron chi connectivity index (χ2n) is 4.68. The van der Waals surface area contributed by atoms with Crippen molar-refractivity contribution in [1.29, 1.82) is 0 Å². The van der Waals surface area contributed by atoms with Gasteiger partial charge in [-0.05, 0) is 43.5 Å². The lowest BCUT2D eigenvalue weighted by Gasteiger charge is -2.12. The average molecular weight is 254 g/mol. The number of Topliss-reactive ketones (excluding diaryl/α,β-unsaturated/α-hetero) is 1. The number of ether oxygens (including phenoxy) is 1. The Bertz CT molecular complexity index is 529. The average Bonchev–Trinajstić information content (AvgIpc) is 2.42. The van der Waals surface area contributed by atoms with E-state index in [0.29, 0.717) is 0 Å². The number of ketones is 1. The Morgan fingerprint density at radius 1 is 1.00 bits per heavy atom. The predicted molar refractivity (Wildman–Crippen MR) is 76.5 cm³/mol. The molecule has 98 valence electrons. The zero-order chi connectivity index (χ0) is 13.7. The van der Waals surface area contributed by atoms with E-state index >= 15 is 0 Å². The van der Waals surface area contributed by atoms with Crippen LogP contribution >= 0.6 is 0 Å². The van der Waals surface area contributed by atoms with Crippen LogP contribution in [0.4, 0.5) is 0 Å². The third-order valence-corrected chi connectivity index (χ3v) is 3.06. The molecule has 2 aromatic carbocycles. The maximum atomic E-state index is 11.1. The van der Waals surface area contributed by atoms with Crippen molar-refractivity contribution in [3.05, 3.63) is 65.7 Å². The molecule has 0 saturated carbocycles. The molecule has 2 aromatic rings. The molecule has 0 aliphatic carbocycles. The summed E-state index contributed by atoms with van der Waals surface area (Å²) < 4.78 is 5.53. The summed E-state index contributed by atoms with van der Waals surface area (Å²) in [6.45, 7) is 3.30. The van der Waals surface area contributed by atoms with E-state index in [9.17, 15) is 4.79 Å². The minimum absolute atomic E-state index is 0.0355. The Hall–Kier alpha value is -2.09. The highest BCUT2D eigenvalue weighted by atomic mass is 16.5. The van der Waals surface area contributed by atoms with Crippen molar-refractivity contribution in [2.45, 2.75) is 26.4 Å². The third kappa shape index (κ3) is 3.95. The number of benzene rings is 2. The van der Waals surface area contributed by atoms with Gasteiger partial charge >= 0.3 is 0 Å². The summed E-state index contributed by atoms with van der Waals surface area (Å²) in [7, 11) is 0. The summed E-state index contributed by atoms with van der Waals surface area (Å²) in [4.78, 5) is 11.1. The fraction of sp³-hybridized carbons (Fsp3) is 0.235. The Kier molecular flexibility index (Phi) is 4.35. The van der Waals surface area contributed by atoms with Gasteiger partial charge in [0.1, 0.15) is 5.75 Å².